The Morgan fingerprint density at radius 2 is 1.96 bits per heavy atom. The van der Waals surface area contributed by atoms with Gasteiger partial charge in [-0.15, -0.1) is 0 Å². The van der Waals surface area contributed by atoms with Gasteiger partial charge in [-0.3, -0.25) is 9.59 Å². The molecule has 0 atom stereocenters. The largest absolute Gasteiger partial charge is 0.493 e. The number of nitrogens with one attached hydrogen (secondary N) is 2. The lowest BCUT2D eigenvalue weighted by Gasteiger charge is -2.31. The molecule has 6 nitrogen and oxygen atoms in total. The lowest BCUT2D eigenvalue weighted by molar-refractivity contribution is -0.136. The van der Waals surface area contributed by atoms with Crippen LogP contribution in [0.3, 0.4) is 0 Å². The molecule has 1 aromatic rings. The second kappa shape index (κ2) is 10.1. The monoisotopic (exact) mass is 371 g/mol. The fraction of sp³-hybridized carbons (Fsp3) is 0.524. The third kappa shape index (κ3) is 6.10. The van der Waals surface area contributed by atoms with E-state index in [9.17, 15) is 9.59 Å². The van der Waals surface area contributed by atoms with Gasteiger partial charge in [0, 0.05) is 32.1 Å². The van der Waals surface area contributed by atoms with Gasteiger partial charge in [-0.05, 0) is 37.9 Å². The highest BCUT2D eigenvalue weighted by Crippen LogP contribution is 2.18. The van der Waals surface area contributed by atoms with Crippen molar-refractivity contribution in [2.45, 2.75) is 25.7 Å². The van der Waals surface area contributed by atoms with E-state index in [-0.39, 0.29) is 17.7 Å². The minimum absolute atomic E-state index is 0.0111. The summed E-state index contributed by atoms with van der Waals surface area (Å²) in [6, 6.07) is 9.52. The van der Waals surface area contributed by atoms with Crippen molar-refractivity contribution in [2.24, 2.45) is 5.92 Å². The fourth-order valence-corrected chi connectivity index (χ4v) is 3.50. The number of para-hydroxylation sites is 1. The molecule has 0 aromatic heterocycles. The first-order chi connectivity index (χ1) is 13.2. The molecular weight excluding hydrogens is 342 g/mol. The zero-order valence-corrected chi connectivity index (χ0v) is 15.8. The molecule has 2 N–H and O–H groups in total. The van der Waals surface area contributed by atoms with Gasteiger partial charge in [0.25, 0.3) is 0 Å². The fourth-order valence-electron chi connectivity index (χ4n) is 3.50. The summed E-state index contributed by atoms with van der Waals surface area (Å²) in [6.45, 7) is 4.20. The van der Waals surface area contributed by atoms with E-state index < -0.39 is 0 Å². The number of carbonyl (C=O) groups is 2. The summed E-state index contributed by atoms with van der Waals surface area (Å²) in [4.78, 5) is 26.6. The van der Waals surface area contributed by atoms with Crippen LogP contribution >= 0.6 is 0 Å². The van der Waals surface area contributed by atoms with Gasteiger partial charge >= 0.3 is 0 Å². The van der Waals surface area contributed by atoms with E-state index in [2.05, 4.69) is 16.7 Å². The van der Waals surface area contributed by atoms with Crippen LogP contribution in [-0.4, -0.2) is 56.0 Å². The highest BCUT2D eigenvalue weighted by Gasteiger charge is 2.27. The van der Waals surface area contributed by atoms with Gasteiger partial charge in [0.15, 0.2) is 0 Å². The predicted molar refractivity (Wildman–Crippen MR) is 104 cm³/mol. The lowest BCUT2D eigenvalue weighted by atomic mass is 9.95. The third-order valence-electron chi connectivity index (χ3n) is 5.19. The van der Waals surface area contributed by atoms with Crippen LogP contribution in [0.4, 0.5) is 0 Å². The van der Waals surface area contributed by atoms with Crippen molar-refractivity contribution >= 4 is 11.8 Å². The van der Waals surface area contributed by atoms with Gasteiger partial charge in [-0.25, -0.2) is 0 Å². The maximum Gasteiger partial charge on any atom is 0.225 e. The minimum atomic E-state index is 0.0111. The summed E-state index contributed by atoms with van der Waals surface area (Å²) in [5, 5.41) is 6.33. The lowest BCUT2D eigenvalue weighted by Crippen LogP contribution is -2.43. The third-order valence-corrected chi connectivity index (χ3v) is 5.19. The molecule has 2 amide bonds. The van der Waals surface area contributed by atoms with Crippen LogP contribution in [0, 0.1) is 5.92 Å². The van der Waals surface area contributed by atoms with E-state index in [1.807, 2.05) is 35.2 Å². The van der Waals surface area contributed by atoms with Gasteiger partial charge < -0.3 is 20.3 Å². The summed E-state index contributed by atoms with van der Waals surface area (Å²) in [5.74, 6) is 1.01. The average Bonchev–Trinajstić information content (AvgIpc) is 2.73. The minimum Gasteiger partial charge on any atom is -0.493 e. The Kier molecular flexibility index (Phi) is 7.27. The second-order valence-corrected chi connectivity index (χ2v) is 7.10. The first-order valence-electron chi connectivity index (χ1n) is 9.84. The van der Waals surface area contributed by atoms with Crippen LogP contribution in [0.15, 0.2) is 42.0 Å². The number of amides is 2. The van der Waals surface area contributed by atoms with Crippen LogP contribution in [0.1, 0.15) is 25.7 Å². The van der Waals surface area contributed by atoms with Crippen molar-refractivity contribution in [3.63, 3.8) is 0 Å². The molecule has 2 aliphatic rings. The van der Waals surface area contributed by atoms with Crippen molar-refractivity contribution in [1.82, 2.24) is 15.5 Å². The summed E-state index contributed by atoms with van der Waals surface area (Å²) in [7, 11) is 0. The normalized spacial score (nSPS) is 17.9. The van der Waals surface area contributed by atoms with E-state index in [0.29, 0.717) is 32.7 Å². The molecule has 2 aliphatic heterocycles. The van der Waals surface area contributed by atoms with Gasteiger partial charge in [0.2, 0.25) is 11.8 Å². The van der Waals surface area contributed by atoms with E-state index in [1.54, 1.807) is 0 Å². The standard InChI is InChI=1S/C21H29N3O3/c25-20(10-15-27-19-4-2-1-3-5-19)24-13-8-18(9-14-24)21(26)23-16-17-6-11-22-12-7-17/h1-6,18,22H,7-16H2,(H,23,26). The zero-order valence-electron chi connectivity index (χ0n) is 15.8. The molecule has 0 saturated carbocycles. The first kappa shape index (κ1) is 19.4. The smallest absolute Gasteiger partial charge is 0.225 e. The predicted octanol–water partition coefficient (Wildman–Crippen LogP) is 1.73. The summed E-state index contributed by atoms with van der Waals surface area (Å²) < 4.78 is 5.60. The molecule has 1 saturated heterocycles. The number of likely N-dealkylation sites (tertiary alicyclic amines) is 1. The number of rotatable bonds is 7. The SMILES string of the molecule is O=C(NCC1=CCNCC1)C1CCN(C(=O)CCOc2ccccc2)CC1. The molecule has 146 valence electrons. The number of piperidine rings is 1. The maximum atomic E-state index is 12.4. The van der Waals surface area contributed by atoms with Crippen molar-refractivity contribution < 1.29 is 14.3 Å². The number of carbonyl (C=O) groups excluding carboxylic acids is 2. The van der Waals surface area contributed by atoms with Crippen molar-refractivity contribution in [1.29, 1.82) is 0 Å². The van der Waals surface area contributed by atoms with Gasteiger partial charge in [-0.1, -0.05) is 29.8 Å². The van der Waals surface area contributed by atoms with Crippen LogP contribution < -0.4 is 15.4 Å². The Labute approximate surface area is 161 Å². The van der Waals surface area contributed by atoms with Crippen LogP contribution in [0.5, 0.6) is 5.75 Å². The van der Waals surface area contributed by atoms with Gasteiger partial charge in [0.1, 0.15) is 5.75 Å². The Morgan fingerprint density at radius 3 is 2.67 bits per heavy atom. The number of nitrogens with zero attached hydrogens (tertiary/aromatic N) is 1. The summed E-state index contributed by atoms with van der Waals surface area (Å²) >= 11 is 0. The molecule has 0 unspecified atom stereocenters. The average molecular weight is 371 g/mol. The maximum absolute atomic E-state index is 12.4. The van der Waals surface area contributed by atoms with Gasteiger partial charge in [0.05, 0.1) is 13.0 Å². The summed E-state index contributed by atoms with van der Waals surface area (Å²) in [5.41, 5.74) is 1.30. The molecule has 0 bridgehead atoms. The van der Waals surface area contributed by atoms with Crippen LogP contribution in [-0.2, 0) is 9.59 Å². The number of ether oxygens (including phenoxy) is 1. The van der Waals surface area contributed by atoms with Crippen molar-refractivity contribution in [3.05, 3.63) is 42.0 Å². The second-order valence-electron chi connectivity index (χ2n) is 7.10. The Balaban J connectivity index is 1.33. The topological polar surface area (TPSA) is 70.7 Å². The van der Waals surface area contributed by atoms with Crippen LogP contribution in [0.2, 0.25) is 0 Å². The molecule has 6 heteroatoms. The number of hydrogen-bond donors (Lipinski definition) is 2. The number of hydrogen-bond acceptors (Lipinski definition) is 4. The van der Waals surface area contributed by atoms with Crippen LogP contribution in [0.25, 0.3) is 0 Å². The van der Waals surface area contributed by atoms with E-state index in [0.717, 1.165) is 38.1 Å². The van der Waals surface area contributed by atoms with E-state index in [4.69, 9.17) is 4.74 Å². The first-order valence-corrected chi connectivity index (χ1v) is 9.84. The van der Waals surface area contributed by atoms with Crippen molar-refractivity contribution in [2.75, 3.05) is 39.3 Å². The molecule has 1 fully saturated rings. The van der Waals surface area contributed by atoms with E-state index in [1.165, 1.54) is 5.57 Å². The van der Waals surface area contributed by atoms with E-state index >= 15 is 0 Å². The Hall–Kier alpha value is -2.34. The van der Waals surface area contributed by atoms with Gasteiger partial charge in [-0.2, -0.15) is 0 Å². The molecule has 3 rings (SSSR count). The highest BCUT2D eigenvalue weighted by atomic mass is 16.5. The molecule has 2 heterocycles. The molecule has 1 aromatic carbocycles. The summed E-state index contributed by atoms with van der Waals surface area (Å²) in [6.07, 6.45) is 4.99. The molecule has 0 radical (unpaired) electrons. The quantitative estimate of drug-likeness (QED) is 0.716. The van der Waals surface area contributed by atoms with Crippen molar-refractivity contribution in [3.8, 4) is 5.75 Å². The molecule has 27 heavy (non-hydrogen) atoms. The highest BCUT2D eigenvalue weighted by molar-refractivity contribution is 5.80. The number of benzene rings is 1. The molecular formula is C21H29N3O3. The Bertz CT molecular complexity index is 652. The molecule has 0 aliphatic carbocycles. The Morgan fingerprint density at radius 1 is 1.19 bits per heavy atom. The molecule has 0 spiro atoms. The zero-order chi connectivity index (χ0) is 18.9.